The molecule has 0 saturated carbocycles. The van der Waals surface area contributed by atoms with Crippen molar-refractivity contribution in [2.45, 2.75) is 0 Å². The molecule has 2 N–H and O–H groups in total. The number of nitrogens with two attached hydrogens (primary N) is 1. The Labute approximate surface area is 63.9 Å². The molecule has 0 unspecified atom stereocenters. The standard InChI is InChI=1S/C2H2N6O4/c3-6-2(8(11)12)4-1(5-6)7(9)10/h3H2. The zero-order chi connectivity index (χ0) is 9.30. The maximum Gasteiger partial charge on any atom is 0.510 e. The lowest BCUT2D eigenvalue weighted by atomic mass is 11.0. The first kappa shape index (κ1) is 7.84. The third-order valence-corrected chi connectivity index (χ3v) is 0.929. The molecule has 0 radical (unpaired) electrons. The molecule has 0 aromatic carbocycles. The molecule has 10 nitrogen and oxygen atoms in total. The van der Waals surface area contributed by atoms with Gasteiger partial charge >= 0.3 is 11.9 Å². The molecule has 0 aliphatic heterocycles. The number of hydrogen-bond acceptors (Lipinski definition) is 7. The van der Waals surface area contributed by atoms with E-state index in [1.165, 1.54) is 0 Å². The third-order valence-electron chi connectivity index (χ3n) is 0.929. The van der Waals surface area contributed by atoms with Gasteiger partial charge in [-0.25, -0.2) is 0 Å². The molecule has 1 rings (SSSR count). The van der Waals surface area contributed by atoms with Gasteiger partial charge in [0.25, 0.3) is 0 Å². The van der Waals surface area contributed by atoms with Gasteiger partial charge in [0, 0.05) is 9.77 Å². The monoisotopic (exact) mass is 174 g/mol. The number of nitrogen functional groups attached to an aromatic ring is 1. The molecular formula is C2H2N6O4. The summed E-state index contributed by atoms with van der Waals surface area (Å²) in [6.07, 6.45) is 0. The molecule has 0 amide bonds. The van der Waals surface area contributed by atoms with E-state index in [1.807, 2.05) is 0 Å². The van der Waals surface area contributed by atoms with Crippen molar-refractivity contribution >= 4 is 11.9 Å². The summed E-state index contributed by atoms with van der Waals surface area (Å²) >= 11 is 0. The minimum absolute atomic E-state index is 0.234. The van der Waals surface area contributed by atoms with Crippen molar-refractivity contribution < 1.29 is 9.85 Å². The second kappa shape index (κ2) is 2.41. The van der Waals surface area contributed by atoms with Gasteiger partial charge < -0.3 is 20.2 Å². The van der Waals surface area contributed by atoms with Crippen LogP contribution in [0.1, 0.15) is 0 Å². The smallest absolute Gasteiger partial charge is 0.390 e. The summed E-state index contributed by atoms with van der Waals surface area (Å²) in [5, 5.41) is 23.0. The fraction of sp³-hybridized carbons (Fsp3) is 0. The van der Waals surface area contributed by atoms with Crippen molar-refractivity contribution in [2.24, 2.45) is 0 Å². The normalized spacial score (nSPS) is 9.67. The van der Waals surface area contributed by atoms with Gasteiger partial charge in [-0.2, -0.15) is 0 Å². The Balaban J connectivity index is 3.17. The fourth-order valence-electron chi connectivity index (χ4n) is 0.506. The summed E-state index contributed by atoms with van der Waals surface area (Å²) in [5.41, 5.74) is 0. The van der Waals surface area contributed by atoms with Crippen molar-refractivity contribution in [2.75, 3.05) is 5.84 Å². The van der Waals surface area contributed by atoms with Crippen LogP contribution in [0.3, 0.4) is 0 Å². The molecule has 64 valence electrons. The third kappa shape index (κ3) is 1.12. The lowest BCUT2D eigenvalue weighted by molar-refractivity contribution is -0.403. The van der Waals surface area contributed by atoms with Crippen LogP contribution in [0.4, 0.5) is 11.9 Å². The van der Waals surface area contributed by atoms with E-state index in [-0.39, 0.29) is 4.79 Å². The second-order valence-corrected chi connectivity index (χ2v) is 1.67. The van der Waals surface area contributed by atoms with Crippen molar-refractivity contribution in [3.05, 3.63) is 20.2 Å². The topological polar surface area (TPSA) is 143 Å². The van der Waals surface area contributed by atoms with E-state index in [9.17, 15) is 20.2 Å². The van der Waals surface area contributed by atoms with E-state index >= 15 is 0 Å². The van der Waals surface area contributed by atoms with Crippen LogP contribution < -0.4 is 5.84 Å². The highest BCUT2D eigenvalue weighted by Gasteiger charge is 2.26. The maximum atomic E-state index is 10.0. The van der Waals surface area contributed by atoms with Gasteiger partial charge in [0.2, 0.25) is 0 Å². The average molecular weight is 174 g/mol. The number of nitro groups is 2. The molecule has 1 heterocycles. The Kier molecular flexibility index (Phi) is 1.58. The van der Waals surface area contributed by atoms with Gasteiger partial charge in [-0.15, -0.1) is 0 Å². The Morgan fingerprint density at radius 1 is 1.33 bits per heavy atom. The minimum Gasteiger partial charge on any atom is -0.390 e. The quantitative estimate of drug-likeness (QED) is 0.337. The number of rotatable bonds is 2. The zero-order valence-electron chi connectivity index (χ0n) is 5.45. The van der Waals surface area contributed by atoms with E-state index in [0.29, 0.717) is 0 Å². The number of hydrogen-bond donors (Lipinski definition) is 1. The Morgan fingerprint density at radius 2 is 1.92 bits per heavy atom. The van der Waals surface area contributed by atoms with Gasteiger partial charge in [-0.3, -0.25) is 5.84 Å². The Morgan fingerprint density at radius 3 is 2.17 bits per heavy atom. The van der Waals surface area contributed by atoms with Crippen molar-refractivity contribution in [1.82, 2.24) is 14.9 Å². The van der Waals surface area contributed by atoms with Crippen LogP contribution >= 0.6 is 0 Å². The van der Waals surface area contributed by atoms with Crippen molar-refractivity contribution in [3.63, 3.8) is 0 Å². The number of aromatic nitrogens is 3. The number of nitrogens with zero attached hydrogens (tertiary/aromatic N) is 5. The molecule has 10 heteroatoms. The average Bonchev–Trinajstić information content (AvgIpc) is 2.30. The van der Waals surface area contributed by atoms with Crippen LogP contribution in [0, 0.1) is 20.2 Å². The minimum atomic E-state index is -0.976. The summed E-state index contributed by atoms with van der Waals surface area (Å²) in [4.78, 5) is 21.2. The lowest BCUT2D eigenvalue weighted by Gasteiger charge is -1.86. The fourth-order valence-corrected chi connectivity index (χ4v) is 0.506. The predicted octanol–water partition coefficient (Wildman–Crippen LogP) is -1.19. The Bertz CT molecular complexity index is 341. The summed E-state index contributed by atoms with van der Waals surface area (Å²) in [7, 11) is 0. The van der Waals surface area contributed by atoms with Gasteiger partial charge in [0.05, 0.1) is 0 Å². The van der Waals surface area contributed by atoms with Crippen LogP contribution in [0.15, 0.2) is 0 Å². The second-order valence-electron chi connectivity index (χ2n) is 1.67. The van der Waals surface area contributed by atoms with Crippen LogP contribution in [0.5, 0.6) is 0 Å². The maximum absolute atomic E-state index is 10.0. The molecule has 12 heavy (non-hydrogen) atoms. The summed E-state index contributed by atoms with van der Waals surface area (Å²) in [6, 6.07) is 0. The lowest BCUT2D eigenvalue weighted by Crippen LogP contribution is -2.13. The van der Waals surface area contributed by atoms with Crippen molar-refractivity contribution in [3.8, 4) is 0 Å². The zero-order valence-corrected chi connectivity index (χ0v) is 5.45. The van der Waals surface area contributed by atoms with Crippen LogP contribution in [0.25, 0.3) is 0 Å². The summed E-state index contributed by atoms with van der Waals surface area (Å²) < 4.78 is 0. The van der Waals surface area contributed by atoms with E-state index in [4.69, 9.17) is 5.84 Å². The molecule has 1 aromatic heterocycles. The Hall–Kier alpha value is -2.26. The van der Waals surface area contributed by atoms with E-state index in [0.717, 1.165) is 0 Å². The molecule has 0 spiro atoms. The van der Waals surface area contributed by atoms with Crippen molar-refractivity contribution in [1.29, 1.82) is 0 Å². The van der Waals surface area contributed by atoms with Gasteiger partial charge in [0.1, 0.15) is 5.10 Å². The molecule has 0 bridgehead atoms. The molecule has 1 aromatic rings. The van der Waals surface area contributed by atoms with Gasteiger partial charge in [-0.05, 0) is 9.85 Å². The SMILES string of the molecule is Nn1nc([N+](=O)[O-])nc1[N+](=O)[O-]. The first-order valence-corrected chi connectivity index (χ1v) is 2.53. The van der Waals surface area contributed by atoms with Gasteiger partial charge in [-0.1, -0.05) is 0 Å². The van der Waals surface area contributed by atoms with Crippen LogP contribution in [-0.4, -0.2) is 24.7 Å². The van der Waals surface area contributed by atoms with E-state index in [2.05, 4.69) is 10.1 Å². The highest BCUT2D eigenvalue weighted by molar-refractivity contribution is 5.13. The van der Waals surface area contributed by atoms with Crippen LogP contribution in [0.2, 0.25) is 0 Å². The highest BCUT2D eigenvalue weighted by atomic mass is 16.6. The van der Waals surface area contributed by atoms with E-state index in [1.54, 1.807) is 0 Å². The molecular weight excluding hydrogens is 172 g/mol. The van der Waals surface area contributed by atoms with Crippen LogP contribution in [-0.2, 0) is 0 Å². The predicted molar refractivity (Wildman–Crippen MR) is 33.5 cm³/mol. The molecule has 0 aliphatic rings. The van der Waals surface area contributed by atoms with Gasteiger partial charge in [0.15, 0.2) is 0 Å². The summed E-state index contributed by atoms with van der Waals surface area (Å²) in [6.45, 7) is 0. The van der Waals surface area contributed by atoms with E-state index < -0.39 is 21.7 Å². The first-order valence-electron chi connectivity index (χ1n) is 2.53. The summed E-state index contributed by atoms with van der Waals surface area (Å²) in [5.74, 6) is 3.10. The first-order chi connectivity index (χ1) is 5.52. The highest BCUT2D eigenvalue weighted by Crippen LogP contribution is 2.09. The molecule has 0 aliphatic carbocycles. The molecule has 0 atom stereocenters. The largest absolute Gasteiger partial charge is 0.510 e. The molecule has 0 saturated heterocycles. The molecule has 0 fully saturated rings.